The Morgan fingerprint density at radius 2 is 1.80 bits per heavy atom. The van der Waals surface area contributed by atoms with Gasteiger partial charge in [0.2, 0.25) is 0 Å². The maximum atomic E-state index is 9.00. The van der Waals surface area contributed by atoms with Crippen LogP contribution >= 0.6 is 0 Å². The quantitative estimate of drug-likeness (QED) is 0.574. The van der Waals surface area contributed by atoms with E-state index in [1.807, 2.05) is 0 Å². The van der Waals surface area contributed by atoms with Crippen LogP contribution in [0.25, 0.3) is 0 Å². The molecule has 0 bridgehead atoms. The van der Waals surface area contributed by atoms with Crippen molar-refractivity contribution in [3.05, 3.63) is 0 Å². The molecule has 0 amide bonds. The van der Waals surface area contributed by atoms with Gasteiger partial charge >= 0.3 is 58.8 Å². The maximum absolute atomic E-state index is 9.00. The molecule has 0 aromatic heterocycles. The van der Waals surface area contributed by atoms with Gasteiger partial charge in [0, 0.05) is 0 Å². The molecule has 0 saturated carbocycles. The molecule has 0 fully saturated rings. The molecule has 4 radical (unpaired) electrons. The zero-order valence-electron chi connectivity index (χ0n) is 2.43. The van der Waals surface area contributed by atoms with Crippen molar-refractivity contribution in [2.45, 2.75) is 0 Å². The Balaban J connectivity index is 0. The topological polar surface area (TPSA) is 37.3 Å². The number of rotatable bonds is 0. The van der Waals surface area contributed by atoms with Crippen molar-refractivity contribution in [1.29, 1.82) is 0 Å². The van der Waals surface area contributed by atoms with E-state index in [0.29, 0.717) is 0 Å². The fourth-order valence-corrected chi connectivity index (χ4v) is 0. The zero-order valence-corrected chi connectivity index (χ0v) is 9.02. The molecule has 0 rings (SSSR count). The molecule has 0 spiro atoms. The van der Waals surface area contributed by atoms with Crippen LogP contribution in [0.15, 0.2) is 0 Å². The average molecular weight is 329 g/mol. The van der Waals surface area contributed by atoms with E-state index in [1.54, 1.807) is 0 Å². The Labute approximate surface area is 58.6 Å². The summed E-state index contributed by atoms with van der Waals surface area (Å²) in [5, 5.41) is 7.42. The average Bonchev–Trinajstić information content (AvgIpc) is 0.811. The van der Waals surface area contributed by atoms with Gasteiger partial charge in [-0.2, -0.15) is 0 Å². The van der Waals surface area contributed by atoms with Crippen LogP contribution in [-0.4, -0.2) is 54.0 Å². The van der Waals surface area contributed by atoms with Gasteiger partial charge in [0.1, 0.15) is 0 Å². The molecule has 0 atom stereocenters. The van der Waals surface area contributed by atoms with E-state index in [0.717, 1.165) is 16.9 Å². The Bertz CT molecular complexity index is 32.6. The van der Waals surface area contributed by atoms with Crippen molar-refractivity contribution >= 4 is 48.9 Å². The summed E-state index contributed by atoms with van der Waals surface area (Å²) in [6.07, 6.45) is 0. The Morgan fingerprint density at radius 3 is 1.80 bits per heavy atom. The summed E-state index contributed by atoms with van der Waals surface area (Å²) in [5.41, 5.74) is 0. The van der Waals surface area contributed by atoms with Gasteiger partial charge in [0.05, 0.1) is 0 Å². The van der Waals surface area contributed by atoms with Crippen LogP contribution in [0.1, 0.15) is 0 Å². The van der Waals surface area contributed by atoms with Gasteiger partial charge in [0.25, 0.3) is 0 Å². The first-order valence-corrected chi connectivity index (χ1v) is 1.73. The standard InChI is InChI=1S/CH2AsO2.Pb.H/c2-1(3)4;;/h2H,(H,3,4);;. The molecule has 2 nitrogen and oxygen atoms in total. The summed E-state index contributed by atoms with van der Waals surface area (Å²) in [5.74, 6) is 0. The third-order valence-corrected chi connectivity index (χ3v) is 0. The van der Waals surface area contributed by atoms with E-state index >= 15 is 0 Å². The number of carbonyl (C=O) groups is 1. The van der Waals surface area contributed by atoms with Crippen LogP contribution in [0.3, 0.4) is 0 Å². The van der Waals surface area contributed by atoms with Crippen molar-refractivity contribution in [2.75, 3.05) is 0 Å². The Hall–Kier alpha value is 0.951. The van der Waals surface area contributed by atoms with Gasteiger partial charge in [-0.05, 0) is 0 Å². The first kappa shape index (κ1) is 9.34. The van der Waals surface area contributed by atoms with E-state index in [2.05, 4.69) is 0 Å². The number of hydrogen-bond donors (Lipinski definition) is 1. The second-order valence-corrected chi connectivity index (χ2v) is 1.20. The molecule has 1 N–H and O–H groups in total. The molecule has 0 aliphatic rings. The van der Waals surface area contributed by atoms with E-state index < -0.39 is 4.76 Å². The van der Waals surface area contributed by atoms with Crippen LogP contribution in [0.5, 0.6) is 0 Å². The molecule has 0 saturated heterocycles. The summed E-state index contributed by atoms with van der Waals surface area (Å²) < 4.78 is -0.833. The van der Waals surface area contributed by atoms with E-state index in [1.165, 1.54) is 0 Å². The summed E-state index contributed by atoms with van der Waals surface area (Å²) in [6.45, 7) is 0. The number of carboxylic acid groups (broad SMARTS) is 1. The third kappa shape index (κ3) is 47.7. The van der Waals surface area contributed by atoms with Gasteiger partial charge < -0.3 is 0 Å². The van der Waals surface area contributed by atoms with Gasteiger partial charge in [-0.15, -0.1) is 0 Å². The van der Waals surface area contributed by atoms with Crippen LogP contribution in [-0.2, 0) is 0 Å². The minimum absolute atomic E-state index is 0. The molecular formula is CH3AsO2Pb. The molecule has 28 valence electrons. The number of hydrogen-bond acceptors (Lipinski definition) is 1. The fourth-order valence-electron chi connectivity index (χ4n) is 0. The molecular weight excluding hydrogens is 326 g/mol. The zero-order chi connectivity index (χ0) is 3.58. The summed E-state index contributed by atoms with van der Waals surface area (Å²) >= 11 is 1.08. The molecule has 5 heavy (non-hydrogen) atoms. The third-order valence-electron chi connectivity index (χ3n) is 0. The first-order chi connectivity index (χ1) is 1.73. The van der Waals surface area contributed by atoms with Crippen LogP contribution in [0.4, 0.5) is 4.79 Å². The SMILES string of the molecule is O=C(O)[AsH].[PbH]. The van der Waals surface area contributed by atoms with Crippen molar-refractivity contribution in [3.8, 4) is 0 Å². The van der Waals surface area contributed by atoms with Crippen molar-refractivity contribution in [1.82, 2.24) is 0 Å². The van der Waals surface area contributed by atoms with Gasteiger partial charge in [-0.25, -0.2) is 0 Å². The Kier molecular flexibility index (Phi) is 9.25. The van der Waals surface area contributed by atoms with E-state index in [-0.39, 0.29) is 27.3 Å². The summed E-state index contributed by atoms with van der Waals surface area (Å²) in [7, 11) is 0. The van der Waals surface area contributed by atoms with Gasteiger partial charge in [-0.3, -0.25) is 0 Å². The Morgan fingerprint density at radius 1 is 1.80 bits per heavy atom. The molecule has 0 aliphatic carbocycles. The summed E-state index contributed by atoms with van der Waals surface area (Å²) in [6, 6.07) is 0. The molecule has 0 aliphatic heterocycles. The monoisotopic (exact) mass is 330 g/mol. The van der Waals surface area contributed by atoms with Crippen molar-refractivity contribution in [3.63, 3.8) is 0 Å². The minimum atomic E-state index is -0.833. The van der Waals surface area contributed by atoms with E-state index in [4.69, 9.17) is 9.90 Å². The molecule has 0 heterocycles. The van der Waals surface area contributed by atoms with Crippen LogP contribution < -0.4 is 0 Å². The molecule has 0 unspecified atom stereocenters. The second-order valence-electron chi connectivity index (χ2n) is 0.305. The van der Waals surface area contributed by atoms with Crippen LogP contribution in [0, 0.1) is 0 Å². The van der Waals surface area contributed by atoms with Crippen molar-refractivity contribution in [2.24, 2.45) is 0 Å². The summed E-state index contributed by atoms with van der Waals surface area (Å²) in [4.78, 5) is 9.00. The van der Waals surface area contributed by atoms with Gasteiger partial charge in [0.15, 0.2) is 0 Å². The van der Waals surface area contributed by atoms with Gasteiger partial charge in [-0.1, -0.05) is 0 Å². The first-order valence-electron chi connectivity index (χ1n) is 0.678. The predicted molar refractivity (Wildman–Crippen MR) is 22.3 cm³/mol. The van der Waals surface area contributed by atoms with E-state index in [9.17, 15) is 0 Å². The normalized spacial score (nSPS) is 5.00. The molecule has 4 heteroatoms. The second kappa shape index (κ2) is 4.95. The fraction of sp³-hybridized carbons (Fsp3) is 0. The van der Waals surface area contributed by atoms with Crippen molar-refractivity contribution < 1.29 is 9.90 Å². The molecule has 0 aromatic rings. The van der Waals surface area contributed by atoms with Crippen LogP contribution in [0.2, 0.25) is 0 Å². The molecule has 0 aromatic carbocycles. The predicted octanol–water partition coefficient (Wildman–Crippen LogP) is -1.08.